The second-order valence-corrected chi connectivity index (χ2v) is 6.57. The number of nitrogens with two attached hydrogens (primary N) is 1. The molecule has 1 aliphatic carbocycles. The number of benzene rings is 1. The normalized spacial score (nSPS) is 17.6. The van der Waals surface area contributed by atoms with Crippen LogP contribution in [0.2, 0.25) is 0 Å². The summed E-state index contributed by atoms with van der Waals surface area (Å²) in [7, 11) is 0. The third-order valence-corrected chi connectivity index (χ3v) is 5.23. The Morgan fingerprint density at radius 2 is 1.90 bits per heavy atom. The van der Waals surface area contributed by atoms with Gasteiger partial charge >= 0.3 is 0 Å². The molecule has 2 N–H and O–H groups in total. The predicted octanol–water partition coefficient (Wildman–Crippen LogP) is 4.63. The Kier molecular flexibility index (Phi) is 3.85. The zero-order valence-electron chi connectivity index (χ0n) is 11.6. The van der Waals surface area contributed by atoms with Gasteiger partial charge in [-0.25, -0.2) is 9.37 Å². The molecule has 0 amide bonds. The van der Waals surface area contributed by atoms with Gasteiger partial charge in [-0.1, -0.05) is 25.0 Å². The third kappa shape index (κ3) is 2.63. The minimum absolute atomic E-state index is 0.0469. The zero-order valence-corrected chi connectivity index (χ0v) is 12.4. The van der Waals surface area contributed by atoms with Crippen LogP contribution >= 0.6 is 11.3 Å². The Morgan fingerprint density at radius 3 is 2.50 bits per heavy atom. The standard InChI is InChI=1S/C16H19FN2S/c1-10(18)16-19-14(11-4-2-3-5-11)15(20-16)12-6-8-13(17)9-7-12/h6-11H,2-5,18H2,1H3. The van der Waals surface area contributed by atoms with E-state index >= 15 is 0 Å². The average Bonchev–Trinajstić information content (AvgIpc) is 3.08. The van der Waals surface area contributed by atoms with Crippen molar-refractivity contribution in [2.24, 2.45) is 5.73 Å². The van der Waals surface area contributed by atoms with Gasteiger partial charge in [0.25, 0.3) is 0 Å². The van der Waals surface area contributed by atoms with E-state index in [4.69, 9.17) is 10.7 Å². The summed E-state index contributed by atoms with van der Waals surface area (Å²) in [5.74, 6) is 0.340. The van der Waals surface area contributed by atoms with Gasteiger partial charge in [-0.05, 0) is 37.5 Å². The summed E-state index contributed by atoms with van der Waals surface area (Å²) >= 11 is 1.65. The number of thiazole rings is 1. The van der Waals surface area contributed by atoms with Gasteiger partial charge in [0.2, 0.25) is 0 Å². The maximum atomic E-state index is 13.1. The van der Waals surface area contributed by atoms with Gasteiger partial charge in [0.05, 0.1) is 16.6 Å². The van der Waals surface area contributed by atoms with Crippen LogP contribution in [0.3, 0.4) is 0 Å². The zero-order chi connectivity index (χ0) is 14.1. The highest BCUT2D eigenvalue weighted by molar-refractivity contribution is 7.15. The molecule has 1 aliphatic rings. The van der Waals surface area contributed by atoms with Crippen LogP contribution in [0.15, 0.2) is 24.3 Å². The van der Waals surface area contributed by atoms with E-state index in [2.05, 4.69) is 0 Å². The highest BCUT2D eigenvalue weighted by Gasteiger charge is 2.25. The SMILES string of the molecule is CC(N)c1nc(C2CCCC2)c(-c2ccc(F)cc2)s1. The molecule has 0 radical (unpaired) electrons. The molecule has 3 rings (SSSR count). The molecule has 1 heterocycles. The van der Waals surface area contributed by atoms with Crippen LogP contribution in [-0.2, 0) is 0 Å². The number of hydrogen-bond acceptors (Lipinski definition) is 3. The fraction of sp³-hybridized carbons (Fsp3) is 0.438. The van der Waals surface area contributed by atoms with Crippen LogP contribution in [0.25, 0.3) is 10.4 Å². The predicted molar refractivity (Wildman–Crippen MR) is 81.3 cm³/mol. The van der Waals surface area contributed by atoms with Crippen LogP contribution in [0.5, 0.6) is 0 Å². The maximum absolute atomic E-state index is 13.1. The quantitative estimate of drug-likeness (QED) is 0.895. The van der Waals surface area contributed by atoms with E-state index in [1.54, 1.807) is 11.3 Å². The molecule has 0 saturated heterocycles. The van der Waals surface area contributed by atoms with Crippen molar-refractivity contribution >= 4 is 11.3 Å². The number of rotatable bonds is 3. The number of aromatic nitrogens is 1. The van der Waals surface area contributed by atoms with E-state index in [9.17, 15) is 4.39 Å². The monoisotopic (exact) mass is 290 g/mol. The number of halogens is 1. The van der Waals surface area contributed by atoms with E-state index in [0.29, 0.717) is 5.92 Å². The Labute approximate surface area is 122 Å². The van der Waals surface area contributed by atoms with Gasteiger partial charge in [0.15, 0.2) is 0 Å². The first-order valence-electron chi connectivity index (χ1n) is 7.17. The molecule has 1 saturated carbocycles. The Hall–Kier alpha value is -1.26. The molecular formula is C16H19FN2S. The second kappa shape index (κ2) is 5.62. The van der Waals surface area contributed by atoms with Gasteiger partial charge in [-0.2, -0.15) is 0 Å². The molecule has 1 aromatic heterocycles. The minimum atomic E-state index is -0.201. The molecule has 106 valence electrons. The molecule has 1 atom stereocenters. The topological polar surface area (TPSA) is 38.9 Å². The summed E-state index contributed by atoms with van der Waals surface area (Å²) in [5.41, 5.74) is 8.21. The van der Waals surface area contributed by atoms with Gasteiger partial charge in [-0.15, -0.1) is 11.3 Å². The molecule has 1 aromatic carbocycles. The van der Waals surface area contributed by atoms with Crippen molar-refractivity contribution in [3.63, 3.8) is 0 Å². The lowest BCUT2D eigenvalue weighted by Gasteiger charge is -2.08. The van der Waals surface area contributed by atoms with Crippen LogP contribution in [0.1, 0.15) is 55.3 Å². The van der Waals surface area contributed by atoms with Crippen LogP contribution < -0.4 is 5.73 Å². The van der Waals surface area contributed by atoms with Crippen molar-refractivity contribution in [2.45, 2.75) is 44.6 Å². The summed E-state index contributed by atoms with van der Waals surface area (Å²) in [5, 5.41) is 0.978. The van der Waals surface area contributed by atoms with Gasteiger partial charge in [0, 0.05) is 5.92 Å². The average molecular weight is 290 g/mol. The van der Waals surface area contributed by atoms with Crippen molar-refractivity contribution in [1.82, 2.24) is 4.98 Å². The summed E-state index contributed by atoms with van der Waals surface area (Å²) in [4.78, 5) is 5.96. The van der Waals surface area contributed by atoms with Crippen LogP contribution in [0, 0.1) is 5.82 Å². The van der Waals surface area contributed by atoms with Crippen molar-refractivity contribution in [1.29, 1.82) is 0 Å². The van der Waals surface area contributed by atoms with E-state index in [-0.39, 0.29) is 11.9 Å². The molecular weight excluding hydrogens is 271 g/mol. The number of nitrogens with zero attached hydrogens (tertiary/aromatic N) is 1. The van der Waals surface area contributed by atoms with E-state index < -0.39 is 0 Å². The first-order valence-corrected chi connectivity index (χ1v) is 7.99. The molecule has 1 fully saturated rings. The fourth-order valence-electron chi connectivity index (χ4n) is 2.83. The Balaban J connectivity index is 2.05. The molecule has 20 heavy (non-hydrogen) atoms. The number of hydrogen-bond donors (Lipinski definition) is 1. The Bertz CT molecular complexity index is 583. The van der Waals surface area contributed by atoms with Crippen LogP contribution in [0.4, 0.5) is 4.39 Å². The first kappa shape index (κ1) is 13.7. The van der Waals surface area contributed by atoms with Crippen molar-refractivity contribution < 1.29 is 4.39 Å². The lowest BCUT2D eigenvalue weighted by molar-refractivity contribution is 0.628. The van der Waals surface area contributed by atoms with Crippen molar-refractivity contribution in [2.75, 3.05) is 0 Å². The maximum Gasteiger partial charge on any atom is 0.123 e. The summed E-state index contributed by atoms with van der Waals surface area (Å²) < 4.78 is 13.1. The third-order valence-electron chi connectivity index (χ3n) is 3.91. The molecule has 4 heteroatoms. The second-order valence-electron chi connectivity index (χ2n) is 5.54. The van der Waals surface area contributed by atoms with Gasteiger partial charge in [0.1, 0.15) is 10.8 Å². The lowest BCUT2D eigenvalue weighted by atomic mass is 10.00. The van der Waals surface area contributed by atoms with E-state index in [0.717, 1.165) is 10.6 Å². The van der Waals surface area contributed by atoms with Crippen LogP contribution in [-0.4, -0.2) is 4.98 Å². The smallest absolute Gasteiger partial charge is 0.123 e. The highest BCUT2D eigenvalue weighted by Crippen LogP contribution is 2.42. The lowest BCUT2D eigenvalue weighted by Crippen LogP contribution is -2.05. The minimum Gasteiger partial charge on any atom is -0.322 e. The van der Waals surface area contributed by atoms with E-state index in [1.165, 1.54) is 48.4 Å². The largest absolute Gasteiger partial charge is 0.322 e. The van der Waals surface area contributed by atoms with E-state index in [1.807, 2.05) is 19.1 Å². The van der Waals surface area contributed by atoms with Crippen molar-refractivity contribution in [3.05, 3.63) is 40.8 Å². The summed E-state index contributed by atoms with van der Waals surface area (Å²) in [6, 6.07) is 6.66. The molecule has 0 spiro atoms. The molecule has 2 aromatic rings. The van der Waals surface area contributed by atoms with Gasteiger partial charge in [-0.3, -0.25) is 0 Å². The summed E-state index contributed by atoms with van der Waals surface area (Å²) in [6.07, 6.45) is 4.96. The summed E-state index contributed by atoms with van der Waals surface area (Å²) in [6.45, 7) is 1.96. The molecule has 0 aliphatic heterocycles. The first-order chi connectivity index (χ1) is 9.65. The Morgan fingerprint density at radius 1 is 1.25 bits per heavy atom. The van der Waals surface area contributed by atoms with Crippen molar-refractivity contribution in [3.8, 4) is 10.4 Å². The molecule has 2 nitrogen and oxygen atoms in total. The highest BCUT2D eigenvalue weighted by atomic mass is 32.1. The van der Waals surface area contributed by atoms with Gasteiger partial charge < -0.3 is 5.73 Å². The molecule has 0 bridgehead atoms. The fourth-order valence-corrected chi connectivity index (χ4v) is 3.94. The molecule has 1 unspecified atom stereocenters.